The molecule has 0 aliphatic carbocycles. The van der Waals surface area contributed by atoms with Crippen LogP contribution in [0.2, 0.25) is 0 Å². The summed E-state index contributed by atoms with van der Waals surface area (Å²) in [5, 5.41) is 10.8. The minimum Gasteiger partial charge on any atom is -0.493 e. The minimum absolute atomic E-state index is 0.0160. The first-order valence-electron chi connectivity index (χ1n) is 8.54. The molecule has 30 heavy (non-hydrogen) atoms. The number of nitro benzene ring substituents is 1. The molecule has 154 valence electrons. The number of methoxy groups -OCH3 is 2. The number of hydrogen-bond acceptors (Lipinski definition) is 8. The zero-order chi connectivity index (χ0) is 21.5. The third-order valence-electron chi connectivity index (χ3n) is 4.44. The van der Waals surface area contributed by atoms with Crippen LogP contribution in [0.25, 0.3) is 16.2 Å². The second-order valence-corrected chi connectivity index (χ2v) is 9.38. The lowest BCUT2D eigenvalue weighted by Crippen LogP contribution is -2.00. The molecule has 4 aromatic rings. The highest BCUT2D eigenvalue weighted by Gasteiger charge is 2.23. The molecule has 4 rings (SSSR count). The Hall–Kier alpha value is -3.44. The van der Waals surface area contributed by atoms with Crippen molar-refractivity contribution in [3.63, 3.8) is 0 Å². The fourth-order valence-corrected chi connectivity index (χ4v) is 5.53. The van der Waals surface area contributed by atoms with Gasteiger partial charge in [0.1, 0.15) is 4.21 Å². The lowest BCUT2D eigenvalue weighted by Gasteiger charge is -2.08. The van der Waals surface area contributed by atoms with Gasteiger partial charge in [-0.05, 0) is 30.3 Å². The van der Waals surface area contributed by atoms with Crippen LogP contribution in [-0.4, -0.2) is 36.9 Å². The summed E-state index contributed by atoms with van der Waals surface area (Å²) in [7, 11) is -0.715. The molecule has 0 aliphatic heterocycles. The number of aromatic nitrogens is 2. The Kier molecular flexibility index (Phi) is 4.92. The van der Waals surface area contributed by atoms with E-state index in [0.717, 1.165) is 16.9 Å². The van der Waals surface area contributed by atoms with Crippen molar-refractivity contribution in [2.24, 2.45) is 0 Å². The number of rotatable bonds is 6. The van der Waals surface area contributed by atoms with Crippen molar-refractivity contribution in [2.75, 3.05) is 14.2 Å². The SMILES string of the molecule is COc1ccc(-c2cn3cc(S(=O)(=O)c4ccc([N+](=O)[O-])cc4)sc3n2)cc1OC. The van der Waals surface area contributed by atoms with Gasteiger partial charge in [-0.25, -0.2) is 13.4 Å². The molecule has 0 atom stereocenters. The fraction of sp³-hybridized carbons (Fsp3) is 0.105. The smallest absolute Gasteiger partial charge is 0.269 e. The zero-order valence-electron chi connectivity index (χ0n) is 15.8. The highest BCUT2D eigenvalue weighted by Crippen LogP contribution is 2.34. The van der Waals surface area contributed by atoms with Crippen molar-refractivity contribution in [1.82, 2.24) is 9.38 Å². The highest BCUT2D eigenvalue weighted by molar-refractivity contribution is 7.93. The molecule has 0 radical (unpaired) electrons. The third-order valence-corrected chi connectivity index (χ3v) is 7.66. The summed E-state index contributed by atoms with van der Waals surface area (Å²) in [5.41, 5.74) is 1.28. The van der Waals surface area contributed by atoms with Crippen LogP contribution in [-0.2, 0) is 9.84 Å². The first-order chi connectivity index (χ1) is 14.3. The first-order valence-corrected chi connectivity index (χ1v) is 10.8. The molecule has 9 nitrogen and oxygen atoms in total. The van der Waals surface area contributed by atoms with Crippen LogP contribution in [0.4, 0.5) is 5.69 Å². The van der Waals surface area contributed by atoms with E-state index < -0.39 is 14.8 Å². The first kappa shape index (κ1) is 19.9. The van der Waals surface area contributed by atoms with Gasteiger partial charge in [0.25, 0.3) is 5.69 Å². The Morgan fingerprint density at radius 1 is 1.03 bits per heavy atom. The van der Waals surface area contributed by atoms with Gasteiger partial charge < -0.3 is 9.47 Å². The lowest BCUT2D eigenvalue weighted by atomic mass is 10.1. The minimum atomic E-state index is -3.81. The molecule has 0 unspecified atom stereocenters. The quantitative estimate of drug-likeness (QED) is 0.327. The van der Waals surface area contributed by atoms with E-state index in [0.29, 0.717) is 22.2 Å². The summed E-state index contributed by atoms with van der Waals surface area (Å²) in [4.78, 5) is 15.2. The second-order valence-electron chi connectivity index (χ2n) is 6.19. The molecule has 0 saturated heterocycles. The van der Waals surface area contributed by atoms with Gasteiger partial charge in [0.2, 0.25) is 9.84 Å². The normalized spacial score (nSPS) is 11.5. The Morgan fingerprint density at radius 3 is 2.33 bits per heavy atom. The summed E-state index contributed by atoms with van der Waals surface area (Å²) in [6, 6.07) is 10.2. The molecule has 0 aliphatic rings. The summed E-state index contributed by atoms with van der Waals surface area (Å²) in [5.74, 6) is 1.16. The maximum atomic E-state index is 12.9. The Bertz CT molecular complexity index is 1330. The number of hydrogen-bond donors (Lipinski definition) is 0. The second kappa shape index (κ2) is 7.43. The van der Waals surface area contributed by atoms with E-state index in [9.17, 15) is 18.5 Å². The number of thiazole rings is 1. The molecule has 2 aromatic carbocycles. The van der Waals surface area contributed by atoms with E-state index >= 15 is 0 Å². The van der Waals surface area contributed by atoms with E-state index in [1.807, 2.05) is 6.07 Å². The molecule has 0 bridgehead atoms. The average Bonchev–Trinajstić information content (AvgIpc) is 3.33. The number of sulfone groups is 1. The van der Waals surface area contributed by atoms with E-state index in [2.05, 4.69) is 4.98 Å². The number of ether oxygens (including phenoxy) is 2. The van der Waals surface area contributed by atoms with Crippen molar-refractivity contribution in [3.8, 4) is 22.8 Å². The Balaban J connectivity index is 1.69. The largest absolute Gasteiger partial charge is 0.493 e. The van der Waals surface area contributed by atoms with Crippen LogP contribution in [0.5, 0.6) is 11.5 Å². The number of imidazole rings is 1. The molecule has 0 fully saturated rings. The molecular formula is C19H15N3O6S2. The number of nitrogens with zero attached hydrogens (tertiary/aromatic N) is 3. The molecule has 2 heterocycles. The van der Waals surface area contributed by atoms with E-state index in [4.69, 9.17) is 9.47 Å². The molecule has 11 heteroatoms. The molecule has 0 amide bonds. The summed E-state index contributed by atoms with van der Waals surface area (Å²) < 4.78 is 38.0. The van der Waals surface area contributed by atoms with E-state index in [-0.39, 0.29) is 14.8 Å². The standard InChI is InChI=1S/C19H15N3O6S2/c1-27-16-8-3-12(9-17(16)28-2)15-10-21-11-18(29-19(21)20-15)30(25,26)14-6-4-13(5-7-14)22(23)24/h3-11H,1-2H3. The summed E-state index contributed by atoms with van der Waals surface area (Å²) >= 11 is 1.02. The van der Waals surface area contributed by atoms with Gasteiger partial charge in [-0.15, -0.1) is 0 Å². The van der Waals surface area contributed by atoms with Gasteiger partial charge in [-0.1, -0.05) is 11.3 Å². The van der Waals surface area contributed by atoms with Crippen LogP contribution in [0.15, 0.2) is 64.0 Å². The van der Waals surface area contributed by atoms with Crippen molar-refractivity contribution in [3.05, 3.63) is 65.0 Å². The van der Waals surface area contributed by atoms with Crippen molar-refractivity contribution in [2.45, 2.75) is 9.10 Å². The zero-order valence-corrected chi connectivity index (χ0v) is 17.4. The van der Waals surface area contributed by atoms with Crippen LogP contribution in [0, 0.1) is 10.1 Å². The van der Waals surface area contributed by atoms with Crippen LogP contribution < -0.4 is 9.47 Å². The van der Waals surface area contributed by atoms with E-state index in [1.165, 1.54) is 30.5 Å². The van der Waals surface area contributed by atoms with Crippen LogP contribution >= 0.6 is 11.3 Å². The number of nitro groups is 1. The summed E-state index contributed by atoms with van der Waals surface area (Å²) in [6.45, 7) is 0. The van der Waals surface area contributed by atoms with Crippen LogP contribution in [0.3, 0.4) is 0 Å². The van der Waals surface area contributed by atoms with Crippen molar-refractivity contribution >= 4 is 31.8 Å². The van der Waals surface area contributed by atoms with Crippen molar-refractivity contribution in [1.29, 1.82) is 0 Å². The molecule has 0 N–H and O–H groups in total. The molecule has 0 spiro atoms. The lowest BCUT2D eigenvalue weighted by molar-refractivity contribution is -0.384. The van der Waals surface area contributed by atoms with E-state index in [1.54, 1.807) is 36.9 Å². The Morgan fingerprint density at radius 2 is 1.73 bits per heavy atom. The van der Waals surface area contributed by atoms with Gasteiger partial charge in [0, 0.05) is 30.1 Å². The molecule has 2 aromatic heterocycles. The maximum Gasteiger partial charge on any atom is 0.269 e. The topological polar surface area (TPSA) is 113 Å². The monoisotopic (exact) mass is 445 g/mol. The molecular weight excluding hydrogens is 430 g/mol. The van der Waals surface area contributed by atoms with Gasteiger partial charge in [-0.3, -0.25) is 14.5 Å². The van der Waals surface area contributed by atoms with Gasteiger partial charge in [-0.2, -0.15) is 0 Å². The van der Waals surface area contributed by atoms with Gasteiger partial charge in [0.15, 0.2) is 16.5 Å². The van der Waals surface area contributed by atoms with Gasteiger partial charge in [0.05, 0.1) is 29.7 Å². The predicted molar refractivity (Wildman–Crippen MR) is 110 cm³/mol. The van der Waals surface area contributed by atoms with Gasteiger partial charge >= 0.3 is 0 Å². The molecule has 0 saturated carbocycles. The van der Waals surface area contributed by atoms with Crippen molar-refractivity contribution < 1.29 is 22.8 Å². The number of benzene rings is 2. The Labute approximate surface area is 175 Å². The highest BCUT2D eigenvalue weighted by atomic mass is 32.2. The predicted octanol–water partition coefficient (Wildman–Crippen LogP) is 3.82. The average molecular weight is 445 g/mol. The third kappa shape index (κ3) is 3.37. The fourth-order valence-electron chi connectivity index (χ4n) is 2.90. The number of fused-ring (bicyclic) bond motifs is 1. The maximum absolute atomic E-state index is 12.9. The summed E-state index contributed by atoms with van der Waals surface area (Å²) in [6.07, 6.45) is 3.20. The number of non-ortho nitro benzene ring substituents is 1. The van der Waals surface area contributed by atoms with Crippen LogP contribution in [0.1, 0.15) is 0 Å².